The van der Waals surface area contributed by atoms with Crippen LogP contribution in [-0.2, 0) is 4.79 Å². The molecule has 3 amide bonds. The Morgan fingerprint density at radius 1 is 1.48 bits per heavy atom. The first kappa shape index (κ1) is 14.8. The van der Waals surface area contributed by atoms with Crippen molar-refractivity contribution in [1.29, 1.82) is 0 Å². The summed E-state index contributed by atoms with van der Waals surface area (Å²) in [5.74, 6) is -0.474. The third kappa shape index (κ3) is 3.10. The average molecular weight is 293 g/mol. The van der Waals surface area contributed by atoms with E-state index < -0.39 is 23.5 Å². The zero-order valence-corrected chi connectivity index (χ0v) is 11.7. The van der Waals surface area contributed by atoms with Gasteiger partial charge < -0.3 is 10.1 Å². The number of nitrogens with zero attached hydrogens (tertiary/aromatic N) is 2. The minimum Gasteiger partial charge on any atom is -0.477 e. The summed E-state index contributed by atoms with van der Waals surface area (Å²) in [6.07, 6.45) is 0. The number of nitro groups is 1. The zero-order chi connectivity index (χ0) is 15.6. The first-order valence-corrected chi connectivity index (χ1v) is 6.37. The predicted octanol–water partition coefficient (Wildman–Crippen LogP) is 1.14. The molecule has 0 atom stereocenters. The van der Waals surface area contributed by atoms with Gasteiger partial charge in [-0.3, -0.25) is 19.8 Å². The number of hydrogen-bond acceptors (Lipinski definition) is 5. The Kier molecular flexibility index (Phi) is 4.06. The minimum atomic E-state index is -0.553. The summed E-state index contributed by atoms with van der Waals surface area (Å²) < 4.78 is 5.29. The lowest BCUT2D eigenvalue weighted by Crippen LogP contribution is -2.37. The maximum Gasteiger partial charge on any atom is 0.324 e. The number of nitrogens with one attached hydrogen (secondary N) is 1. The second kappa shape index (κ2) is 5.78. The summed E-state index contributed by atoms with van der Waals surface area (Å²) in [6, 6.07) is 2.64. The SMILES string of the molecule is Cc1cc(C)c(OCC(=O)N2CCNC2=O)c([N+](=O)[O-])c1. The summed E-state index contributed by atoms with van der Waals surface area (Å²) in [7, 11) is 0. The summed E-state index contributed by atoms with van der Waals surface area (Å²) in [5.41, 5.74) is 1.11. The maximum atomic E-state index is 11.9. The van der Waals surface area contributed by atoms with Gasteiger partial charge in [-0.1, -0.05) is 6.07 Å². The number of benzene rings is 1. The Hall–Kier alpha value is -2.64. The highest BCUT2D eigenvalue weighted by Gasteiger charge is 2.27. The third-order valence-corrected chi connectivity index (χ3v) is 3.09. The Morgan fingerprint density at radius 2 is 2.19 bits per heavy atom. The van der Waals surface area contributed by atoms with E-state index >= 15 is 0 Å². The van der Waals surface area contributed by atoms with E-state index in [2.05, 4.69) is 5.32 Å². The summed E-state index contributed by atoms with van der Waals surface area (Å²) >= 11 is 0. The lowest BCUT2D eigenvalue weighted by atomic mass is 10.1. The van der Waals surface area contributed by atoms with Crippen LogP contribution in [0.3, 0.4) is 0 Å². The molecule has 2 rings (SSSR count). The molecule has 8 nitrogen and oxygen atoms in total. The Bertz CT molecular complexity index is 614. The molecule has 21 heavy (non-hydrogen) atoms. The number of amides is 3. The van der Waals surface area contributed by atoms with E-state index in [9.17, 15) is 19.7 Å². The van der Waals surface area contributed by atoms with Crippen molar-refractivity contribution >= 4 is 17.6 Å². The molecule has 1 fully saturated rings. The second-order valence-corrected chi connectivity index (χ2v) is 4.75. The van der Waals surface area contributed by atoms with Crippen LogP contribution in [0, 0.1) is 24.0 Å². The van der Waals surface area contributed by atoms with E-state index in [1.165, 1.54) is 6.07 Å². The van der Waals surface area contributed by atoms with Crippen LogP contribution in [-0.4, -0.2) is 41.5 Å². The number of aryl methyl sites for hydroxylation is 2. The molecular weight excluding hydrogens is 278 g/mol. The number of rotatable bonds is 4. The van der Waals surface area contributed by atoms with Gasteiger partial charge in [0.25, 0.3) is 5.91 Å². The van der Waals surface area contributed by atoms with Gasteiger partial charge in [-0.2, -0.15) is 0 Å². The molecule has 0 unspecified atom stereocenters. The van der Waals surface area contributed by atoms with E-state index in [0.717, 1.165) is 10.5 Å². The van der Waals surface area contributed by atoms with Crippen LogP contribution >= 0.6 is 0 Å². The van der Waals surface area contributed by atoms with Crippen molar-refractivity contribution < 1.29 is 19.2 Å². The van der Waals surface area contributed by atoms with E-state index in [0.29, 0.717) is 12.1 Å². The Morgan fingerprint density at radius 3 is 2.76 bits per heavy atom. The van der Waals surface area contributed by atoms with Crippen molar-refractivity contribution in [3.8, 4) is 5.75 Å². The predicted molar refractivity (Wildman–Crippen MR) is 73.2 cm³/mol. The van der Waals surface area contributed by atoms with Gasteiger partial charge >= 0.3 is 11.7 Å². The molecule has 1 aromatic rings. The Balaban J connectivity index is 2.14. The van der Waals surface area contributed by atoms with Gasteiger partial charge in [-0.25, -0.2) is 4.79 Å². The summed E-state index contributed by atoms with van der Waals surface area (Å²) in [5, 5.41) is 13.5. The highest BCUT2D eigenvalue weighted by molar-refractivity contribution is 5.96. The number of imide groups is 1. The molecule has 0 bridgehead atoms. The number of carbonyl (C=O) groups excluding carboxylic acids is 2. The molecule has 0 aliphatic carbocycles. The van der Waals surface area contributed by atoms with Crippen LogP contribution in [0.25, 0.3) is 0 Å². The van der Waals surface area contributed by atoms with Gasteiger partial charge in [-0.05, 0) is 25.0 Å². The third-order valence-electron chi connectivity index (χ3n) is 3.09. The van der Waals surface area contributed by atoms with Crippen molar-refractivity contribution in [2.75, 3.05) is 19.7 Å². The molecule has 0 spiro atoms. The molecule has 0 saturated carbocycles. The van der Waals surface area contributed by atoms with E-state index in [-0.39, 0.29) is 18.0 Å². The summed E-state index contributed by atoms with van der Waals surface area (Å²) in [4.78, 5) is 34.7. The van der Waals surface area contributed by atoms with E-state index in [4.69, 9.17) is 4.74 Å². The molecule has 0 radical (unpaired) electrons. The monoisotopic (exact) mass is 293 g/mol. The van der Waals surface area contributed by atoms with Crippen molar-refractivity contribution in [2.45, 2.75) is 13.8 Å². The lowest BCUT2D eigenvalue weighted by Gasteiger charge is -2.14. The number of urea groups is 1. The van der Waals surface area contributed by atoms with Crippen LogP contribution in [0.1, 0.15) is 11.1 Å². The number of ether oxygens (including phenoxy) is 1. The first-order valence-electron chi connectivity index (χ1n) is 6.37. The Labute approximate surface area is 120 Å². The fourth-order valence-corrected chi connectivity index (χ4v) is 2.18. The van der Waals surface area contributed by atoms with Crippen molar-refractivity contribution in [1.82, 2.24) is 10.2 Å². The molecule has 1 N–H and O–H groups in total. The van der Waals surface area contributed by atoms with Gasteiger partial charge in [0.05, 0.1) is 4.92 Å². The highest BCUT2D eigenvalue weighted by atomic mass is 16.6. The van der Waals surface area contributed by atoms with Crippen LogP contribution in [0.2, 0.25) is 0 Å². The molecule has 0 aromatic heterocycles. The van der Waals surface area contributed by atoms with Crippen molar-refractivity contribution in [3.63, 3.8) is 0 Å². The van der Waals surface area contributed by atoms with Gasteiger partial charge in [0.15, 0.2) is 6.61 Å². The fraction of sp³-hybridized carbons (Fsp3) is 0.385. The normalized spacial score (nSPS) is 14.0. The first-order chi connectivity index (χ1) is 9.90. The number of carbonyl (C=O) groups is 2. The molecule has 1 aliphatic rings. The molecule has 8 heteroatoms. The molecular formula is C13H15N3O5. The molecule has 1 aliphatic heterocycles. The largest absolute Gasteiger partial charge is 0.477 e. The summed E-state index contributed by atoms with van der Waals surface area (Å²) in [6.45, 7) is 3.66. The molecule has 112 valence electrons. The van der Waals surface area contributed by atoms with Gasteiger partial charge in [0, 0.05) is 19.2 Å². The molecule has 1 saturated heterocycles. The van der Waals surface area contributed by atoms with Crippen molar-refractivity contribution in [2.24, 2.45) is 0 Å². The zero-order valence-electron chi connectivity index (χ0n) is 11.7. The van der Waals surface area contributed by atoms with Crippen LogP contribution < -0.4 is 10.1 Å². The smallest absolute Gasteiger partial charge is 0.324 e. The topological polar surface area (TPSA) is 102 Å². The van der Waals surface area contributed by atoms with Gasteiger partial charge in [0.1, 0.15) is 0 Å². The lowest BCUT2D eigenvalue weighted by molar-refractivity contribution is -0.385. The van der Waals surface area contributed by atoms with Crippen LogP contribution in [0.15, 0.2) is 12.1 Å². The maximum absolute atomic E-state index is 11.9. The molecule has 1 aromatic carbocycles. The number of nitro benzene ring substituents is 1. The van der Waals surface area contributed by atoms with Crippen molar-refractivity contribution in [3.05, 3.63) is 33.4 Å². The standard InChI is InChI=1S/C13H15N3O5/c1-8-5-9(2)12(10(6-8)16(19)20)21-7-11(17)15-4-3-14-13(15)18/h5-6H,3-4,7H2,1-2H3,(H,14,18). The highest BCUT2D eigenvalue weighted by Crippen LogP contribution is 2.32. The fourth-order valence-electron chi connectivity index (χ4n) is 2.18. The molecule has 1 heterocycles. The number of hydrogen-bond donors (Lipinski definition) is 1. The van der Waals surface area contributed by atoms with Crippen LogP contribution in [0.4, 0.5) is 10.5 Å². The van der Waals surface area contributed by atoms with E-state index in [1.807, 2.05) is 0 Å². The van der Waals surface area contributed by atoms with Crippen LogP contribution in [0.5, 0.6) is 5.75 Å². The average Bonchev–Trinajstić information content (AvgIpc) is 2.82. The quantitative estimate of drug-likeness (QED) is 0.662. The van der Waals surface area contributed by atoms with Gasteiger partial charge in [0.2, 0.25) is 5.75 Å². The second-order valence-electron chi connectivity index (χ2n) is 4.75. The van der Waals surface area contributed by atoms with Gasteiger partial charge in [-0.15, -0.1) is 0 Å². The van der Waals surface area contributed by atoms with E-state index in [1.54, 1.807) is 19.9 Å². The minimum absolute atomic E-state index is 0.0542.